The van der Waals surface area contributed by atoms with Gasteiger partial charge < -0.3 is 13.9 Å². The van der Waals surface area contributed by atoms with E-state index in [1.807, 2.05) is 0 Å². The maximum absolute atomic E-state index is 12.8. The van der Waals surface area contributed by atoms with Gasteiger partial charge in [-0.3, -0.25) is 19.8 Å². The molecule has 1 fully saturated rings. The number of nitrogens with one attached hydrogen (secondary N) is 1. The Morgan fingerprint density at radius 3 is 2.59 bits per heavy atom. The van der Waals surface area contributed by atoms with Crippen LogP contribution < -0.4 is 14.8 Å². The minimum absolute atomic E-state index is 0.0823. The lowest BCUT2D eigenvalue weighted by atomic mass is 10.0. The first kappa shape index (κ1) is 18.2. The van der Waals surface area contributed by atoms with Gasteiger partial charge in [0, 0.05) is 11.6 Å². The van der Waals surface area contributed by atoms with Crippen LogP contribution in [0.15, 0.2) is 40.5 Å². The predicted octanol–water partition coefficient (Wildman–Crippen LogP) is 2.27. The van der Waals surface area contributed by atoms with Gasteiger partial charge in [0.25, 0.3) is 11.8 Å². The first-order chi connectivity index (χ1) is 12.9. The highest BCUT2D eigenvalue weighted by molar-refractivity contribution is 6.31. The van der Waals surface area contributed by atoms with Crippen LogP contribution in [0.1, 0.15) is 16.9 Å². The first-order valence-corrected chi connectivity index (χ1v) is 8.08. The van der Waals surface area contributed by atoms with Crippen LogP contribution in [0.25, 0.3) is 6.08 Å². The molecule has 8 heteroatoms. The minimum Gasteiger partial charge on any atom is -0.497 e. The lowest BCUT2D eigenvalue weighted by Crippen LogP contribution is -2.53. The lowest BCUT2D eigenvalue weighted by molar-refractivity contribution is -0.130. The van der Waals surface area contributed by atoms with Crippen LogP contribution in [0, 0.1) is 6.92 Å². The van der Waals surface area contributed by atoms with Crippen molar-refractivity contribution in [1.29, 1.82) is 0 Å². The molecule has 140 valence electrons. The van der Waals surface area contributed by atoms with Crippen molar-refractivity contribution in [3.8, 4) is 11.5 Å². The molecule has 0 aliphatic carbocycles. The summed E-state index contributed by atoms with van der Waals surface area (Å²) in [7, 11) is 3.01. The fourth-order valence-corrected chi connectivity index (χ4v) is 2.75. The van der Waals surface area contributed by atoms with E-state index in [1.54, 1.807) is 31.2 Å². The molecule has 0 radical (unpaired) electrons. The number of rotatable bonds is 5. The molecule has 0 atom stereocenters. The zero-order valence-corrected chi connectivity index (χ0v) is 15.1. The van der Waals surface area contributed by atoms with E-state index in [0.29, 0.717) is 22.8 Å². The number of hydrogen-bond donors (Lipinski definition) is 1. The van der Waals surface area contributed by atoms with Gasteiger partial charge in [-0.05, 0) is 36.8 Å². The summed E-state index contributed by atoms with van der Waals surface area (Å²) in [6.45, 7) is 1.72. The number of benzene rings is 1. The van der Waals surface area contributed by atoms with Crippen molar-refractivity contribution >= 4 is 23.9 Å². The van der Waals surface area contributed by atoms with Gasteiger partial charge in [0.2, 0.25) is 0 Å². The molecule has 2 aromatic rings. The average molecular weight is 370 g/mol. The fraction of sp³-hybridized carbons (Fsp3) is 0.211. The Kier molecular flexibility index (Phi) is 4.98. The fourth-order valence-electron chi connectivity index (χ4n) is 2.75. The zero-order valence-electron chi connectivity index (χ0n) is 15.1. The third-order valence-corrected chi connectivity index (χ3v) is 4.15. The molecule has 1 aromatic heterocycles. The van der Waals surface area contributed by atoms with Crippen LogP contribution in [-0.4, -0.2) is 37.0 Å². The number of carbonyl (C=O) groups excluding carboxylic acids is 3. The number of hydrogen-bond acceptors (Lipinski definition) is 6. The Balaban J connectivity index is 2.00. The number of urea groups is 1. The molecule has 0 spiro atoms. The smallest absolute Gasteiger partial charge is 0.331 e. The maximum Gasteiger partial charge on any atom is 0.331 e. The average Bonchev–Trinajstić information content (AvgIpc) is 3.15. The number of carbonyl (C=O) groups is 3. The summed E-state index contributed by atoms with van der Waals surface area (Å²) >= 11 is 0. The summed E-state index contributed by atoms with van der Waals surface area (Å²) in [5.41, 5.74) is 1.12. The number of imide groups is 2. The van der Waals surface area contributed by atoms with Crippen molar-refractivity contribution in [2.45, 2.75) is 13.5 Å². The van der Waals surface area contributed by atoms with Crippen LogP contribution in [-0.2, 0) is 16.1 Å². The molecule has 8 nitrogen and oxygen atoms in total. The van der Waals surface area contributed by atoms with Crippen LogP contribution in [0.5, 0.6) is 11.5 Å². The highest BCUT2D eigenvalue weighted by atomic mass is 16.5. The zero-order chi connectivity index (χ0) is 19.6. The van der Waals surface area contributed by atoms with Crippen molar-refractivity contribution < 1.29 is 28.3 Å². The summed E-state index contributed by atoms with van der Waals surface area (Å²) < 4.78 is 15.7. The van der Waals surface area contributed by atoms with Crippen LogP contribution >= 0.6 is 0 Å². The molecule has 1 aliphatic rings. The van der Waals surface area contributed by atoms with Crippen molar-refractivity contribution in [3.63, 3.8) is 0 Å². The minimum atomic E-state index is -0.794. The normalized spacial score (nSPS) is 15.9. The second-order valence-electron chi connectivity index (χ2n) is 5.85. The number of furan rings is 1. The first-order valence-electron chi connectivity index (χ1n) is 8.08. The quantitative estimate of drug-likeness (QED) is 0.640. The molecule has 2 heterocycles. The summed E-state index contributed by atoms with van der Waals surface area (Å²) in [5.74, 6) is -0.0317. The van der Waals surface area contributed by atoms with E-state index < -0.39 is 17.8 Å². The Hall–Kier alpha value is -3.55. The van der Waals surface area contributed by atoms with Crippen molar-refractivity contribution in [2.24, 2.45) is 0 Å². The number of amides is 4. The summed E-state index contributed by atoms with van der Waals surface area (Å²) in [6.07, 6.45) is 2.85. The second kappa shape index (κ2) is 7.36. The molecule has 0 saturated carbocycles. The molecule has 0 bridgehead atoms. The summed E-state index contributed by atoms with van der Waals surface area (Å²) in [4.78, 5) is 38.0. The monoisotopic (exact) mass is 370 g/mol. The van der Waals surface area contributed by atoms with Gasteiger partial charge in [0.05, 0.1) is 27.0 Å². The summed E-state index contributed by atoms with van der Waals surface area (Å²) in [6, 6.07) is 5.89. The number of barbiturate groups is 1. The Morgan fingerprint density at radius 1 is 1.19 bits per heavy atom. The van der Waals surface area contributed by atoms with Gasteiger partial charge in [-0.25, -0.2) is 4.79 Å². The van der Waals surface area contributed by atoms with E-state index in [2.05, 4.69) is 5.32 Å². The number of aryl methyl sites for hydroxylation is 1. The van der Waals surface area contributed by atoms with E-state index in [9.17, 15) is 14.4 Å². The largest absolute Gasteiger partial charge is 0.497 e. The van der Waals surface area contributed by atoms with Crippen molar-refractivity contribution in [2.75, 3.05) is 14.2 Å². The molecule has 1 N–H and O–H groups in total. The molecule has 3 rings (SSSR count). The molecule has 1 aliphatic heterocycles. The lowest BCUT2D eigenvalue weighted by Gasteiger charge is -2.25. The molecule has 4 amide bonds. The van der Waals surface area contributed by atoms with Crippen molar-refractivity contribution in [1.82, 2.24) is 10.2 Å². The predicted molar refractivity (Wildman–Crippen MR) is 95.1 cm³/mol. The molecule has 1 saturated heterocycles. The number of nitrogens with zero attached hydrogens (tertiary/aromatic N) is 1. The molecular formula is C19H18N2O6. The molecular weight excluding hydrogens is 352 g/mol. The maximum atomic E-state index is 12.8. The van der Waals surface area contributed by atoms with Crippen LogP contribution in [0.4, 0.5) is 4.79 Å². The SMILES string of the molecule is COc1cc(C)c(/C=C2/C(=O)NC(=O)N(Cc3ccco3)C2=O)c(OC)c1. The molecule has 0 unspecified atom stereocenters. The highest BCUT2D eigenvalue weighted by Crippen LogP contribution is 2.31. The molecule has 27 heavy (non-hydrogen) atoms. The highest BCUT2D eigenvalue weighted by Gasteiger charge is 2.36. The van der Waals surface area contributed by atoms with Gasteiger partial charge in [-0.15, -0.1) is 0 Å². The van der Waals surface area contributed by atoms with Gasteiger partial charge >= 0.3 is 6.03 Å². The van der Waals surface area contributed by atoms with Gasteiger partial charge in [-0.2, -0.15) is 0 Å². The van der Waals surface area contributed by atoms with Gasteiger partial charge in [0.1, 0.15) is 22.8 Å². The van der Waals surface area contributed by atoms with Crippen molar-refractivity contribution in [3.05, 3.63) is 53.0 Å². The van der Waals surface area contributed by atoms with E-state index >= 15 is 0 Å². The number of methoxy groups -OCH3 is 2. The van der Waals surface area contributed by atoms with E-state index in [1.165, 1.54) is 26.6 Å². The van der Waals surface area contributed by atoms with Crippen LogP contribution in [0.2, 0.25) is 0 Å². The van der Waals surface area contributed by atoms with Crippen LogP contribution in [0.3, 0.4) is 0 Å². The van der Waals surface area contributed by atoms with E-state index in [-0.39, 0.29) is 12.1 Å². The Morgan fingerprint density at radius 2 is 1.96 bits per heavy atom. The Bertz CT molecular complexity index is 930. The standard InChI is InChI=1S/C19H18N2O6/c1-11-7-13(25-2)8-16(26-3)14(11)9-15-17(22)20-19(24)21(18(15)23)10-12-5-4-6-27-12/h4-9H,10H2,1-3H3,(H,20,22,24)/b15-9-. The van der Waals surface area contributed by atoms with E-state index in [0.717, 1.165) is 10.5 Å². The second-order valence-corrected chi connectivity index (χ2v) is 5.85. The van der Waals surface area contributed by atoms with E-state index in [4.69, 9.17) is 13.9 Å². The molecule has 1 aromatic carbocycles. The van der Waals surface area contributed by atoms with Gasteiger partial charge in [-0.1, -0.05) is 0 Å². The third-order valence-electron chi connectivity index (χ3n) is 4.15. The number of ether oxygens (including phenoxy) is 2. The van der Waals surface area contributed by atoms with Gasteiger partial charge in [0.15, 0.2) is 0 Å². The topological polar surface area (TPSA) is 98.1 Å². The summed E-state index contributed by atoms with van der Waals surface area (Å²) in [5, 5.41) is 2.17. The third kappa shape index (κ3) is 3.55. The Labute approximate surface area is 155 Å².